The fourth-order valence-electron chi connectivity index (χ4n) is 1.59. The first kappa shape index (κ1) is 14.0. The number of rotatable bonds is 6. The van der Waals surface area contributed by atoms with Crippen LogP contribution in [0.5, 0.6) is 0 Å². The predicted molar refractivity (Wildman–Crippen MR) is 69.3 cm³/mol. The summed E-state index contributed by atoms with van der Waals surface area (Å²) in [6.45, 7) is 2.44. The molecule has 3 nitrogen and oxygen atoms in total. The Balaban J connectivity index is 2.36. The van der Waals surface area contributed by atoms with Crippen molar-refractivity contribution < 1.29 is 9.53 Å². The van der Waals surface area contributed by atoms with Gasteiger partial charge in [0.1, 0.15) is 0 Å². The van der Waals surface area contributed by atoms with Gasteiger partial charge in [0.25, 0.3) is 0 Å². The Bertz CT molecular complexity index is 368. The number of ether oxygens (including phenoxy) is 1. The van der Waals surface area contributed by atoms with Crippen LogP contribution < -0.4 is 5.32 Å². The number of hydrogen-bond donors (Lipinski definition) is 1. The van der Waals surface area contributed by atoms with E-state index in [2.05, 4.69) is 5.32 Å². The number of amides is 1. The summed E-state index contributed by atoms with van der Waals surface area (Å²) >= 11 is 6.01. The molecule has 0 saturated carbocycles. The van der Waals surface area contributed by atoms with Crippen LogP contribution in [0, 0.1) is 0 Å². The summed E-state index contributed by atoms with van der Waals surface area (Å²) < 4.78 is 4.95. The van der Waals surface area contributed by atoms with E-state index in [0.717, 1.165) is 5.56 Å². The van der Waals surface area contributed by atoms with Gasteiger partial charge in [-0.05, 0) is 25.0 Å². The van der Waals surface area contributed by atoms with E-state index >= 15 is 0 Å². The SMILES string of the molecule is COC[C@H](C)NC(=O)CCc1ccccc1Cl. The van der Waals surface area contributed by atoms with Gasteiger partial charge >= 0.3 is 0 Å². The molecule has 1 aromatic carbocycles. The topological polar surface area (TPSA) is 38.3 Å². The summed E-state index contributed by atoms with van der Waals surface area (Å²) in [4.78, 5) is 11.6. The second-order valence-electron chi connectivity index (χ2n) is 4.02. The number of carbonyl (C=O) groups is 1. The molecule has 1 rings (SSSR count). The third kappa shape index (κ3) is 5.20. The number of methoxy groups -OCH3 is 1. The minimum Gasteiger partial charge on any atom is -0.383 e. The number of nitrogens with one attached hydrogen (secondary N) is 1. The molecule has 17 heavy (non-hydrogen) atoms. The number of carbonyl (C=O) groups excluding carboxylic acids is 1. The predicted octanol–water partition coefficient (Wildman–Crippen LogP) is 2.42. The lowest BCUT2D eigenvalue weighted by Gasteiger charge is -2.12. The van der Waals surface area contributed by atoms with Crippen molar-refractivity contribution in [1.29, 1.82) is 0 Å². The standard InChI is InChI=1S/C13H18ClNO2/c1-10(9-17-2)15-13(16)8-7-11-5-3-4-6-12(11)14/h3-6,10H,7-9H2,1-2H3,(H,15,16)/t10-/m0/s1. The third-order valence-corrected chi connectivity index (χ3v) is 2.77. The van der Waals surface area contributed by atoms with Crippen LogP contribution in [0.1, 0.15) is 18.9 Å². The van der Waals surface area contributed by atoms with Crippen LogP contribution in [0.2, 0.25) is 5.02 Å². The van der Waals surface area contributed by atoms with Crippen molar-refractivity contribution in [2.45, 2.75) is 25.8 Å². The van der Waals surface area contributed by atoms with Gasteiger partial charge in [-0.25, -0.2) is 0 Å². The molecule has 0 aliphatic carbocycles. The van der Waals surface area contributed by atoms with Gasteiger partial charge < -0.3 is 10.1 Å². The van der Waals surface area contributed by atoms with E-state index < -0.39 is 0 Å². The largest absolute Gasteiger partial charge is 0.383 e. The van der Waals surface area contributed by atoms with E-state index in [0.29, 0.717) is 24.5 Å². The van der Waals surface area contributed by atoms with Crippen molar-refractivity contribution in [3.05, 3.63) is 34.9 Å². The summed E-state index contributed by atoms with van der Waals surface area (Å²) in [6, 6.07) is 7.62. The molecule has 0 aliphatic rings. The molecule has 1 atom stereocenters. The zero-order valence-corrected chi connectivity index (χ0v) is 11.0. The van der Waals surface area contributed by atoms with Crippen LogP contribution in [0.15, 0.2) is 24.3 Å². The summed E-state index contributed by atoms with van der Waals surface area (Å²) in [5.74, 6) is 0.0227. The molecule has 0 unspecified atom stereocenters. The highest BCUT2D eigenvalue weighted by Crippen LogP contribution is 2.16. The van der Waals surface area contributed by atoms with E-state index in [9.17, 15) is 4.79 Å². The number of hydrogen-bond acceptors (Lipinski definition) is 2. The van der Waals surface area contributed by atoms with Crippen molar-refractivity contribution in [2.75, 3.05) is 13.7 Å². The van der Waals surface area contributed by atoms with Gasteiger partial charge in [-0.3, -0.25) is 4.79 Å². The molecule has 0 saturated heterocycles. The second kappa shape index (κ2) is 7.30. The molecule has 4 heteroatoms. The van der Waals surface area contributed by atoms with Crippen molar-refractivity contribution in [3.8, 4) is 0 Å². The molecule has 1 amide bonds. The Kier molecular flexibility index (Phi) is 6.01. The smallest absolute Gasteiger partial charge is 0.220 e. The molecule has 1 aromatic rings. The molecule has 0 fully saturated rings. The molecule has 0 aliphatic heterocycles. The van der Waals surface area contributed by atoms with E-state index in [-0.39, 0.29) is 11.9 Å². The lowest BCUT2D eigenvalue weighted by atomic mass is 10.1. The van der Waals surface area contributed by atoms with Crippen molar-refractivity contribution in [3.63, 3.8) is 0 Å². The van der Waals surface area contributed by atoms with Crippen molar-refractivity contribution in [2.24, 2.45) is 0 Å². The van der Waals surface area contributed by atoms with Crippen LogP contribution in [-0.2, 0) is 16.0 Å². The molecule has 0 heterocycles. The van der Waals surface area contributed by atoms with E-state index in [1.54, 1.807) is 7.11 Å². The lowest BCUT2D eigenvalue weighted by molar-refractivity contribution is -0.122. The quantitative estimate of drug-likeness (QED) is 0.848. The first-order chi connectivity index (χ1) is 8.13. The van der Waals surface area contributed by atoms with Crippen LogP contribution >= 0.6 is 11.6 Å². The van der Waals surface area contributed by atoms with Gasteiger partial charge in [0.2, 0.25) is 5.91 Å². The fraction of sp³-hybridized carbons (Fsp3) is 0.462. The molecule has 0 radical (unpaired) electrons. The Morgan fingerprint density at radius 1 is 1.47 bits per heavy atom. The third-order valence-electron chi connectivity index (χ3n) is 2.40. The van der Waals surface area contributed by atoms with Crippen LogP contribution in [-0.4, -0.2) is 25.7 Å². The number of aryl methyl sites for hydroxylation is 1. The number of halogens is 1. The number of benzene rings is 1. The Hall–Kier alpha value is -1.06. The average Bonchev–Trinajstić information content (AvgIpc) is 2.28. The molecule has 0 spiro atoms. The molecule has 1 N–H and O–H groups in total. The van der Waals surface area contributed by atoms with Crippen LogP contribution in [0.25, 0.3) is 0 Å². The highest BCUT2D eigenvalue weighted by molar-refractivity contribution is 6.31. The maximum atomic E-state index is 11.6. The van der Waals surface area contributed by atoms with E-state index in [1.807, 2.05) is 31.2 Å². The Morgan fingerprint density at radius 2 is 2.18 bits per heavy atom. The zero-order valence-electron chi connectivity index (χ0n) is 10.2. The van der Waals surface area contributed by atoms with Gasteiger partial charge in [-0.1, -0.05) is 29.8 Å². The fourth-order valence-corrected chi connectivity index (χ4v) is 1.82. The maximum Gasteiger partial charge on any atom is 0.220 e. The van der Waals surface area contributed by atoms with E-state index in [1.165, 1.54) is 0 Å². The Labute approximate surface area is 107 Å². The summed E-state index contributed by atoms with van der Waals surface area (Å²) in [5, 5.41) is 3.58. The Morgan fingerprint density at radius 3 is 2.82 bits per heavy atom. The first-order valence-electron chi connectivity index (χ1n) is 5.65. The molecule has 94 valence electrons. The van der Waals surface area contributed by atoms with Gasteiger partial charge in [0.15, 0.2) is 0 Å². The summed E-state index contributed by atoms with van der Waals surface area (Å²) in [6.07, 6.45) is 1.10. The van der Waals surface area contributed by atoms with Gasteiger partial charge in [0.05, 0.1) is 6.61 Å². The minimum atomic E-state index is 0.0227. The lowest BCUT2D eigenvalue weighted by Crippen LogP contribution is -2.35. The highest BCUT2D eigenvalue weighted by Gasteiger charge is 2.08. The molecule has 0 bridgehead atoms. The summed E-state index contributed by atoms with van der Waals surface area (Å²) in [5.41, 5.74) is 1.00. The van der Waals surface area contributed by atoms with Gasteiger partial charge in [-0.15, -0.1) is 0 Å². The van der Waals surface area contributed by atoms with Gasteiger partial charge in [0, 0.05) is 24.6 Å². The normalized spacial score (nSPS) is 12.2. The molecule has 0 aromatic heterocycles. The molecular weight excluding hydrogens is 238 g/mol. The average molecular weight is 256 g/mol. The van der Waals surface area contributed by atoms with Gasteiger partial charge in [-0.2, -0.15) is 0 Å². The van der Waals surface area contributed by atoms with Crippen molar-refractivity contribution in [1.82, 2.24) is 5.32 Å². The monoisotopic (exact) mass is 255 g/mol. The maximum absolute atomic E-state index is 11.6. The highest BCUT2D eigenvalue weighted by atomic mass is 35.5. The van der Waals surface area contributed by atoms with Crippen LogP contribution in [0.3, 0.4) is 0 Å². The minimum absolute atomic E-state index is 0.0227. The van der Waals surface area contributed by atoms with Crippen molar-refractivity contribution >= 4 is 17.5 Å². The second-order valence-corrected chi connectivity index (χ2v) is 4.42. The van der Waals surface area contributed by atoms with E-state index in [4.69, 9.17) is 16.3 Å². The van der Waals surface area contributed by atoms with Crippen LogP contribution in [0.4, 0.5) is 0 Å². The summed E-state index contributed by atoms with van der Waals surface area (Å²) in [7, 11) is 1.62. The molecular formula is C13H18ClNO2. The zero-order chi connectivity index (χ0) is 12.7. The first-order valence-corrected chi connectivity index (χ1v) is 6.03.